The van der Waals surface area contributed by atoms with Gasteiger partial charge in [-0.15, -0.1) is 0 Å². The maximum Gasteiger partial charge on any atom is 0.411 e. The number of nitrogens with zero attached hydrogens (tertiary/aromatic N) is 2. The second kappa shape index (κ2) is 7.21. The lowest BCUT2D eigenvalue weighted by atomic mass is 10.0. The summed E-state index contributed by atoms with van der Waals surface area (Å²) in [5.74, 6) is 0. The molecule has 23 heavy (non-hydrogen) atoms. The molecule has 2 heterocycles. The van der Waals surface area contributed by atoms with Crippen LogP contribution in [0.4, 0.5) is 4.79 Å². The first-order valence-electron chi connectivity index (χ1n) is 7.24. The molecule has 0 bridgehead atoms. The molecule has 6 nitrogen and oxygen atoms in total. The Morgan fingerprint density at radius 3 is 2.52 bits per heavy atom. The molecule has 1 aliphatic rings. The van der Waals surface area contributed by atoms with Crippen molar-refractivity contribution in [3.05, 3.63) is 28.0 Å². The number of morpholine rings is 1. The van der Waals surface area contributed by atoms with Crippen molar-refractivity contribution in [3.8, 4) is 0 Å². The molecule has 0 aliphatic carbocycles. The van der Waals surface area contributed by atoms with E-state index >= 15 is 0 Å². The molecule has 128 valence electrons. The van der Waals surface area contributed by atoms with Crippen molar-refractivity contribution >= 4 is 29.3 Å². The standard InChI is InChI=1S/C15H20Cl2N2O4/c1-15(2,3)23-14(21)19-10(6-20)7-22-8-11(19)9-4-12(16)18-13(17)5-9/h4-5,10-11,20H,6-8H2,1-3H3/t10-,11+/m1/s1. The first kappa shape index (κ1) is 18.3. The summed E-state index contributed by atoms with van der Waals surface area (Å²) in [7, 11) is 0. The van der Waals surface area contributed by atoms with Crippen molar-refractivity contribution in [1.29, 1.82) is 0 Å². The summed E-state index contributed by atoms with van der Waals surface area (Å²) in [6, 6.07) is 2.28. The van der Waals surface area contributed by atoms with Gasteiger partial charge in [-0.1, -0.05) is 23.2 Å². The number of aromatic nitrogens is 1. The Bertz CT molecular complexity index is 557. The highest BCUT2D eigenvalue weighted by Gasteiger charge is 2.38. The topological polar surface area (TPSA) is 71.9 Å². The smallest absolute Gasteiger partial charge is 0.411 e. The van der Waals surface area contributed by atoms with Crippen molar-refractivity contribution < 1.29 is 19.4 Å². The van der Waals surface area contributed by atoms with Crippen LogP contribution in [-0.2, 0) is 9.47 Å². The number of aliphatic hydroxyl groups is 1. The van der Waals surface area contributed by atoms with Crippen LogP contribution in [-0.4, -0.2) is 52.5 Å². The maximum atomic E-state index is 12.6. The Morgan fingerprint density at radius 1 is 1.39 bits per heavy atom. The number of halogens is 2. The van der Waals surface area contributed by atoms with E-state index in [1.165, 1.54) is 4.90 Å². The molecule has 0 saturated carbocycles. The van der Waals surface area contributed by atoms with E-state index in [1.54, 1.807) is 32.9 Å². The molecule has 1 fully saturated rings. The van der Waals surface area contributed by atoms with E-state index in [-0.39, 0.29) is 30.1 Å². The molecular weight excluding hydrogens is 343 g/mol. The highest BCUT2D eigenvalue weighted by molar-refractivity contribution is 6.32. The largest absolute Gasteiger partial charge is 0.444 e. The van der Waals surface area contributed by atoms with Crippen LogP contribution in [0.25, 0.3) is 0 Å². The Kier molecular flexibility index (Phi) is 5.73. The Hall–Kier alpha value is -1.08. The van der Waals surface area contributed by atoms with Crippen molar-refractivity contribution in [2.75, 3.05) is 19.8 Å². The second-order valence-corrected chi connectivity index (χ2v) is 7.10. The third kappa shape index (κ3) is 4.70. The number of hydrogen-bond donors (Lipinski definition) is 1. The van der Waals surface area contributed by atoms with Crippen LogP contribution in [0.15, 0.2) is 12.1 Å². The third-order valence-corrected chi connectivity index (χ3v) is 3.69. The van der Waals surface area contributed by atoms with Crippen LogP contribution < -0.4 is 0 Å². The Labute approximate surface area is 145 Å². The number of amides is 1. The van der Waals surface area contributed by atoms with Crippen molar-refractivity contribution in [1.82, 2.24) is 9.88 Å². The highest BCUT2D eigenvalue weighted by atomic mass is 35.5. The summed E-state index contributed by atoms with van der Waals surface area (Å²) < 4.78 is 11.0. The van der Waals surface area contributed by atoms with E-state index in [4.69, 9.17) is 32.7 Å². The summed E-state index contributed by atoms with van der Waals surface area (Å²) in [5.41, 5.74) is 0.0343. The number of ether oxygens (including phenoxy) is 2. The average Bonchev–Trinajstić information content (AvgIpc) is 2.43. The predicted molar refractivity (Wildman–Crippen MR) is 86.8 cm³/mol. The Balaban J connectivity index is 2.35. The zero-order valence-electron chi connectivity index (χ0n) is 13.3. The molecule has 2 rings (SSSR count). The van der Waals surface area contributed by atoms with Crippen LogP contribution in [0.5, 0.6) is 0 Å². The molecule has 1 N–H and O–H groups in total. The lowest BCUT2D eigenvalue weighted by molar-refractivity contribution is -0.0735. The minimum atomic E-state index is -0.645. The van der Waals surface area contributed by atoms with Crippen LogP contribution in [0.3, 0.4) is 0 Å². The summed E-state index contributed by atoms with van der Waals surface area (Å²) in [5, 5.41) is 10.0. The van der Waals surface area contributed by atoms with Gasteiger partial charge in [0, 0.05) is 0 Å². The van der Waals surface area contributed by atoms with Gasteiger partial charge < -0.3 is 14.6 Å². The van der Waals surface area contributed by atoms with E-state index in [0.29, 0.717) is 5.56 Å². The minimum absolute atomic E-state index is 0.225. The zero-order valence-corrected chi connectivity index (χ0v) is 14.8. The second-order valence-electron chi connectivity index (χ2n) is 6.32. The normalized spacial score (nSPS) is 22.1. The van der Waals surface area contributed by atoms with E-state index in [1.807, 2.05) is 0 Å². The van der Waals surface area contributed by atoms with Gasteiger partial charge in [0.1, 0.15) is 15.9 Å². The lowest BCUT2D eigenvalue weighted by Gasteiger charge is -2.41. The molecule has 1 aliphatic heterocycles. The maximum absolute atomic E-state index is 12.6. The fraction of sp³-hybridized carbons (Fsp3) is 0.600. The van der Waals surface area contributed by atoms with Gasteiger partial charge in [-0.2, -0.15) is 0 Å². The molecule has 1 amide bonds. The first-order chi connectivity index (χ1) is 10.7. The van der Waals surface area contributed by atoms with E-state index in [9.17, 15) is 9.90 Å². The monoisotopic (exact) mass is 362 g/mol. The molecule has 1 aromatic heterocycles. The number of aliphatic hydroxyl groups excluding tert-OH is 1. The molecule has 8 heteroatoms. The van der Waals surface area contributed by atoms with Gasteiger partial charge in [0.15, 0.2) is 0 Å². The summed E-state index contributed by atoms with van der Waals surface area (Å²) >= 11 is 11.9. The van der Waals surface area contributed by atoms with Gasteiger partial charge in [-0.3, -0.25) is 4.90 Å². The van der Waals surface area contributed by atoms with Crippen molar-refractivity contribution in [2.24, 2.45) is 0 Å². The number of pyridine rings is 1. The van der Waals surface area contributed by atoms with Crippen molar-refractivity contribution in [2.45, 2.75) is 38.5 Å². The van der Waals surface area contributed by atoms with Gasteiger partial charge in [0.25, 0.3) is 0 Å². The van der Waals surface area contributed by atoms with E-state index < -0.39 is 23.8 Å². The fourth-order valence-corrected chi connectivity index (χ4v) is 2.87. The lowest BCUT2D eigenvalue weighted by Crippen LogP contribution is -2.53. The van der Waals surface area contributed by atoms with Gasteiger partial charge in [0.2, 0.25) is 0 Å². The number of carbonyl (C=O) groups excluding carboxylic acids is 1. The molecule has 0 spiro atoms. The van der Waals surface area contributed by atoms with Crippen molar-refractivity contribution in [3.63, 3.8) is 0 Å². The van der Waals surface area contributed by atoms with Gasteiger partial charge in [-0.05, 0) is 38.5 Å². The molecular formula is C15H20Cl2N2O4. The molecule has 2 atom stereocenters. The van der Waals surface area contributed by atoms with Crippen LogP contribution in [0.2, 0.25) is 10.3 Å². The van der Waals surface area contributed by atoms with Gasteiger partial charge >= 0.3 is 6.09 Å². The SMILES string of the molecule is CC(C)(C)OC(=O)N1[C@H](CO)COC[C@H]1c1cc(Cl)nc(Cl)c1. The van der Waals surface area contributed by atoms with Crippen LogP contribution in [0.1, 0.15) is 32.4 Å². The highest BCUT2D eigenvalue weighted by Crippen LogP contribution is 2.31. The molecule has 1 saturated heterocycles. The molecule has 1 aromatic rings. The molecule has 0 aromatic carbocycles. The number of rotatable bonds is 2. The zero-order chi connectivity index (χ0) is 17.2. The molecule has 0 radical (unpaired) electrons. The van der Waals surface area contributed by atoms with Gasteiger partial charge in [0.05, 0.1) is 31.9 Å². The van der Waals surface area contributed by atoms with E-state index in [2.05, 4.69) is 4.98 Å². The Morgan fingerprint density at radius 2 is 2.00 bits per heavy atom. The summed E-state index contributed by atoms with van der Waals surface area (Å²) in [4.78, 5) is 18.0. The number of carbonyl (C=O) groups is 1. The predicted octanol–water partition coefficient (Wildman–Crippen LogP) is 3.06. The van der Waals surface area contributed by atoms with E-state index in [0.717, 1.165) is 0 Å². The summed E-state index contributed by atoms with van der Waals surface area (Å²) in [6.45, 7) is 5.62. The fourth-order valence-electron chi connectivity index (χ4n) is 2.39. The quantitative estimate of drug-likeness (QED) is 0.818. The number of hydrogen-bond acceptors (Lipinski definition) is 5. The van der Waals surface area contributed by atoms with Crippen LogP contribution in [0, 0.1) is 0 Å². The molecule has 0 unspecified atom stereocenters. The average molecular weight is 363 g/mol. The summed E-state index contributed by atoms with van der Waals surface area (Å²) in [6.07, 6.45) is -0.520. The van der Waals surface area contributed by atoms with Crippen LogP contribution >= 0.6 is 23.2 Å². The minimum Gasteiger partial charge on any atom is -0.444 e. The first-order valence-corrected chi connectivity index (χ1v) is 8.00. The van der Waals surface area contributed by atoms with Gasteiger partial charge in [-0.25, -0.2) is 9.78 Å². The third-order valence-electron chi connectivity index (χ3n) is 3.30.